The quantitative estimate of drug-likeness (QED) is 0.766. The minimum Gasteiger partial charge on any atom is -0.350 e. The molecule has 17 heavy (non-hydrogen) atoms. The Balaban J connectivity index is 1.76. The van der Waals surface area contributed by atoms with Gasteiger partial charge in [0.2, 0.25) is 0 Å². The molecule has 0 aromatic carbocycles. The van der Waals surface area contributed by atoms with Crippen LogP contribution in [-0.4, -0.2) is 22.6 Å². The van der Waals surface area contributed by atoms with Gasteiger partial charge in [-0.05, 0) is 38.2 Å². The van der Waals surface area contributed by atoms with Gasteiger partial charge in [-0.15, -0.1) is 0 Å². The summed E-state index contributed by atoms with van der Waals surface area (Å²) in [6.07, 6.45) is 7.78. The first kappa shape index (κ1) is 11.9. The second-order valence-corrected chi connectivity index (χ2v) is 4.39. The van der Waals surface area contributed by atoms with Crippen LogP contribution in [0.25, 0.3) is 0 Å². The van der Waals surface area contributed by atoms with E-state index in [2.05, 4.69) is 21.6 Å². The fraction of sp³-hybridized carbons (Fsp3) is 0.538. The lowest BCUT2D eigenvalue weighted by molar-refractivity contribution is 0.0949. The average Bonchev–Trinajstić information content (AvgIpc) is 2.99. The molecule has 2 rings (SSSR count). The Morgan fingerprint density at radius 3 is 3.12 bits per heavy atom. The molecule has 0 saturated heterocycles. The first-order valence-electron chi connectivity index (χ1n) is 6.30. The summed E-state index contributed by atoms with van der Waals surface area (Å²) in [6.45, 7) is 2.74. The molecule has 1 aromatic heterocycles. The largest absolute Gasteiger partial charge is 0.350 e. The van der Waals surface area contributed by atoms with Crippen molar-refractivity contribution in [3.8, 4) is 0 Å². The van der Waals surface area contributed by atoms with Crippen molar-refractivity contribution >= 4 is 5.91 Å². The van der Waals surface area contributed by atoms with Crippen LogP contribution in [0.1, 0.15) is 48.8 Å². The highest BCUT2D eigenvalue weighted by atomic mass is 16.1. The van der Waals surface area contributed by atoms with Crippen molar-refractivity contribution in [1.82, 2.24) is 15.5 Å². The molecule has 0 saturated carbocycles. The van der Waals surface area contributed by atoms with Crippen LogP contribution >= 0.6 is 0 Å². The van der Waals surface area contributed by atoms with Gasteiger partial charge in [-0.2, -0.15) is 5.10 Å². The number of amides is 1. The molecule has 0 atom stereocenters. The van der Waals surface area contributed by atoms with Crippen LogP contribution in [-0.2, 0) is 6.42 Å². The third-order valence-electron chi connectivity index (χ3n) is 3.11. The van der Waals surface area contributed by atoms with Crippen molar-refractivity contribution in [2.45, 2.75) is 39.0 Å². The van der Waals surface area contributed by atoms with Gasteiger partial charge in [-0.3, -0.25) is 9.89 Å². The number of aromatic nitrogens is 2. The molecular weight excluding hydrogens is 214 g/mol. The van der Waals surface area contributed by atoms with Crippen LogP contribution < -0.4 is 5.32 Å². The summed E-state index contributed by atoms with van der Waals surface area (Å²) < 4.78 is 0. The lowest BCUT2D eigenvalue weighted by Gasteiger charge is -2.03. The van der Waals surface area contributed by atoms with Gasteiger partial charge in [-0.25, -0.2) is 0 Å². The number of carbonyl (C=O) groups excluding carboxylic acids is 1. The number of nitrogens with zero attached hydrogens (tertiary/aromatic N) is 1. The van der Waals surface area contributed by atoms with Crippen molar-refractivity contribution in [3.05, 3.63) is 29.1 Å². The summed E-state index contributed by atoms with van der Waals surface area (Å²) in [7, 11) is 0. The Hall–Kier alpha value is -1.58. The zero-order chi connectivity index (χ0) is 12.1. The number of aromatic amines is 1. The average molecular weight is 233 g/mol. The fourth-order valence-corrected chi connectivity index (χ4v) is 2.05. The predicted molar refractivity (Wildman–Crippen MR) is 66.8 cm³/mol. The first-order chi connectivity index (χ1) is 8.29. The van der Waals surface area contributed by atoms with E-state index in [1.807, 2.05) is 13.0 Å². The highest BCUT2D eigenvalue weighted by Crippen LogP contribution is 2.19. The monoisotopic (exact) mass is 233 g/mol. The molecule has 1 heterocycles. The maximum Gasteiger partial charge on any atom is 0.271 e. The van der Waals surface area contributed by atoms with Gasteiger partial charge in [-0.1, -0.05) is 18.6 Å². The summed E-state index contributed by atoms with van der Waals surface area (Å²) in [4.78, 5) is 11.7. The van der Waals surface area contributed by atoms with E-state index in [4.69, 9.17) is 0 Å². The highest BCUT2D eigenvalue weighted by Gasteiger charge is 2.10. The fourth-order valence-electron chi connectivity index (χ4n) is 2.05. The Bertz CT molecular complexity index is 420. The maximum atomic E-state index is 11.7. The van der Waals surface area contributed by atoms with Crippen molar-refractivity contribution in [2.24, 2.45) is 0 Å². The molecule has 1 aliphatic rings. The third-order valence-corrected chi connectivity index (χ3v) is 3.11. The van der Waals surface area contributed by atoms with Gasteiger partial charge in [0.25, 0.3) is 5.91 Å². The zero-order valence-electron chi connectivity index (χ0n) is 10.3. The van der Waals surface area contributed by atoms with E-state index in [-0.39, 0.29) is 5.91 Å². The number of carbonyl (C=O) groups is 1. The van der Waals surface area contributed by atoms with Crippen LogP contribution in [0, 0.1) is 0 Å². The number of hydrogen-bond donors (Lipinski definition) is 2. The molecule has 1 aromatic rings. The second-order valence-electron chi connectivity index (χ2n) is 4.39. The molecule has 0 unspecified atom stereocenters. The Kier molecular flexibility index (Phi) is 3.96. The lowest BCUT2D eigenvalue weighted by Crippen LogP contribution is -2.25. The molecule has 2 N–H and O–H groups in total. The molecule has 0 fully saturated rings. The number of H-pyrrole nitrogens is 1. The van der Waals surface area contributed by atoms with Crippen molar-refractivity contribution in [1.29, 1.82) is 0 Å². The van der Waals surface area contributed by atoms with Crippen LogP contribution in [0.4, 0.5) is 0 Å². The summed E-state index contributed by atoms with van der Waals surface area (Å²) in [5, 5.41) is 9.73. The molecule has 0 bridgehead atoms. The molecular formula is C13H19N3O. The van der Waals surface area contributed by atoms with Crippen LogP contribution in [0.3, 0.4) is 0 Å². The summed E-state index contributed by atoms with van der Waals surface area (Å²) in [6, 6.07) is 1.81. The predicted octanol–water partition coefficient (Wildman–Crippen LogP) is 2.20. The van der Waals surface area contributed by atoms with Gasteiger partial charge in [0.15, 0.2) is 0 Å². The molecule has 1 amide bonds. The number of aryl methyl sites for hydroxylation is 1. The van der Waals surface area contributed by atoms with E-state index in [0.717, 1.165) is 18.5 Å². The van der Waals surface area contributed by atoms with E-state index in [1.165, 1.54) is 24.8 Å². The molecule has 1 aliphatic carbocycles. The third kappa shape index (κ3) is 3.19. The number of nitrogens with one attached hydrogen (secondary N) is 2. The summed E-state index contributed by atoms with van der Waals surface area (Å²) >= 11 is 0. The lowest BCUT2D eigenvalue weighted by atomic mass is 10.2. The number of rotatable bonds is 5. The van der Waals surface area contributed by atoms with Crippen LogP contribution in [0.2, 0.25) is 0 Å². The Morgan fingerprint density at radius 1 is 1.59 bits per heavy atom. The molecule has 4 heteroatoms. The van der Waals surface area contributed by atoms with Gasteiger partial charge < -0.3 is 5.32 Å². The van der Waals surface area contributed by atoms with E-state index < -0.39 is 0 Å². The normalized spacial score (nSPS) is 14.8. The van der Waals surface area contributed by atoms with Gasteiger partial charge in [0, 0.05) is 12.2 Å². The smallest absolute Gasteiger partial charge is 0.271 e. The minimum atomic E-state index is -0.0838. The van der Waals surface area contributed by atoms with Crippen molar-refractivity contribution < 1.29 is 4.79 Å². The highest BCUT2D eigenvalue weighted by molar-refractivity contribution is 5.92. The Morgan fingerprint density at radius 2 is 2.47 bits per heavy atom. The second kappa shape index (κ2) is 5.66. The first-order valence-corrected chi connectivity index (χ1v) is 6.30. The molecule has 92 valence electrons. The van der Waals surface area contributed by atoms with E-state index in [1.54, 1.807) is 0 Å². The van der Waals surface area contributed by atoms with Gasteiger partial charge >= 0.3 is 0 Å². The molecule has 0 radical (unpaired) electrons. The van der Waals surface area contributed by atoms with Crippen molar-refractivity contribution in [3.63, 3.8) is 0 Å². The van der Waals surface area contributed by atoms with Crippen molar-refractivity contribution in [2.75, 3.05) is 6.54 Å². The van der Waals surface area contributed by atoms with Crippen LogP contribution in [0.5, 0.6) is 0 Å². The number of hydrogen-bond acceptors (Lipinski definition) is 2. The number of allylic oxidation sites excluding steroid dienone is 1. The summed E-state index contributed by atoms with van der Waals surface area (Å²) in [5.41, 5.74) is 2.96. The standard InChI is InChI=1S/C13H19N3O/c1-2-11-9-12(16-15-11)13(17)14-8-7-10-5-3-4-6-10/h5,9H,2-4,6-8H2,1H3,(H,14,17)(H,15,16). The van der Waals surface area contributed by atoms with Gasteiger partial charge in [0.1, 0.15) is 5.69 Å². The van der Waals surface area contributed by atoms with Gasteiger partial charge in [0.05, 0.1) is 0 Å². The SMILES string of the molecule is CCc1cc(C(=O)NCCC2=CCCC2)n[nH]1. The molecule has 0 aliphatic heterocycles. The zero-order valence-corrected chi connectivity index (χ0v) is 10.3. The maximum absolute atomic E-state index is 11.7. The minimum absolute atomic E-state index is 0.0838. The van der Waals surface area contributed by atoms with E-state index in [9.17, 15) is 4.79 Å². The molecule has 4 nitrogen and oxygen atoms in total. The van der Waals surface area contributed by atoms with Crippen LogP contribution in [0.15, 0.2) is 17.7 Å². The topological polar surface area (TPSA) is 57.8 Å². The van der Waals surface area contributed by atoms with E-state index in [0.29, 0.717) is 12.2 Å². The Labute approximate surface area is 101 Å². The molecule has 0 spiro atoms. The summed E-state index contributed by atoms with van der Waals surface area (Å²) in [5.74, 6) is -0.0838. The van der Waals surface area contributed by atoms with E-state index >= 15 is 0 Å².